The van der Waals surface area contributed by atoms with E-state index in [9.17, 15) is 0 Å². The highest BCUT2D eigenvalue weighted by Crippen LogP contribution is 2.41. The topological polar surface area (TPSA) is 30.7 Å². The lowest BCUT2D eigenvalue weighted by Gasteiger charge is -2.13. The number of para-hydroxylation sites is 1. The van der Waals surface area contributed by atoms with E-state index in [-0.39, 0.29) is 0 Å². The monoisotopic (exact) mass is 597 g/mol. The van der Waals surface area contributed by atoms with E-state index in [1.54, 1.807) is 0 Å². The molecule has 2 heterocycles. The van der Waals surface area contributed by atoms with Crippen LogP contribution in [0.5, 0.6) is 0 Å². The molecular weight excluding hydrogens is 571 g/mol. The Hall–Kier alpha value is -6.32. The van der Waals surface area contributed by atoms with Crippen LogP contribution < -0.4 is 0 Å². The summed E-state index contributed by atoms with van der Waals surface area (Å²) in [5, 5.41) is 11.2. The molecule has 2 aromatic heterocycles. The van der Waals surface area contributed by atoms with Gasteiger partial charge in [-0.2, -0.15) is 0 Å². The minimum atomic E-state index is 0.729. The molecule has 3 nitrogen and oxygen atoms in total. The third-order valence-electron chi connectivity index (χ3n) is 9.56. The maximum atomic E-state index is 5.16. The predicted octanol–water partition coefficient (Wildman–Crippen LogP) is 11.5. The standard InChI is InChI=1S/C44H27N3/c1-3-12-30(13-4-1)43-37-27-32(22-25-38(37)45-44(46-43)31-14-5-2-6-15-31)47-39-18-10-9-17-36(39)42-35-23-21-29-20-19-28-11-7-8-16-33(28)41(29)34(35)24-26-40(42)47/h1-27H. The lowest BCUT2D eigenvalue weighted by Crippen LogP contribution is -1.98. The van der Waals surface area contributed by atoms with Gasteiger partial charge in [-0.25, -0.2) is 9.97 Å². The number of hydrogen-bond donors (Lipinski definition) is 0. The molecule has 0 radical (unpaired) electrons. The summed E-state index contributed by atoms with van der Waals surface area (Å²) >= 11 is 0. The number of rotatable bonds is 3. The average molecular weight is 598 g/mol. The second-order valence-electron chi connectivity index (χ2n) is 12.2. The molecule has 0 aliphatic heterocycles. The summed E-state index contributed by atoms with van der Waals surface area (Å²) in [4.78, 5) is 10.2. The van der Waals surface area contributed by atoms with Crippen molar-refractivity contribution in [2.75, 3.05) is 0 Å². The van der Waals surface area contributed by atoms with Gasteiger partial charge in [-0.05, 0) is 62.6 Å². The van der Waals surface area contributed by atoms with Crippen molar-refractivity contribution in [1.29, 1.82) is 0 Å². The van der Waals surface area contributed by atoms with Crippen molar-refractivity contribution in [3.8, 4) is 28.3 Å². The molecule has 0 aliphatic rings. The third kappa shape index (κ3) is 3.93. The summed E-state index contributed by atoms with van der Waals surface area (Å²) in [7, 11) is 0. The Morgan fingerprint density at radius 3 is 1.89 bits per heavy atom. The van der Waals surface area contributed by atoms with E-state index in [1.165, 1.54) is 54.1 Å². The highest BCUT2D eigenvalue weighted by Gasteiger charge is 2.18. The number of nitrogens with zero attached hydrogens (tertiary/aromatic N) is 3. The van der Waals surface area contributed by atoms with Gasteiger partial charge >= 0.3 is 0 Å². The first-order valence-electron chi connectivity index (χ1n) is 16.0. The van der Waals surface area contributed by atoms with Crippen molar-refractivity contribution in [2.45, 2.75) is 0 Å². The fourth-order valence-electron chi connectivity index (χ4n) is 7.45. The Bertz CT molecular complexity index is 2830. The Labute approximate surface area is 271 Å². The van der Waals surface area contributed by atoms with Crippen molar-refractivity contribution >= 4 is 65.0 Å². The van der Waals surface area contributed by atoms with Gasteiger partial charge in [-0.1, -0.05) is 133 Å². The Balaban J connectivity index is 1.27. The molecule has 0 atom stereocenters. The molecule has 0 saturated heterocycles. The van der Waals surface area contributed by atoms with Crippen LogP contribution in [0.25, 0.3) is 93.4 Å². The van der Waals surface area contributed by atoms with Crippen LogP contribution >= 0.6 is 0 Å². The highest BCUT2D eigenvalue weighted by atomic mass is 15.0. The molecule has 3 heteroatoms. The molecule has 0 saturated carbocycles. The van der Waals surface area contributed by atoms with Crippen molar-refractivity contribution in [1.82, 2.24) is 14.5 Å². The van der Waals surface area contributed by atoms with Crippen LogP contribution in [-0.4, -0.2) is 14.5 Å². The molecule has 10 aromatic rings. The van der Waals surface area contributed by atoms with Crippen LogP contribution in [0.15, 0.2) is 164 Å². The van der Waals surface area contributed by atoms with Gasteiger partial charge in [0.2, 0.25) is 0 Å². The largest absolute Gasteiger partial charge is 0.309 e. The summed E-state index contributed by atoms with van der Waals surface area (Å²) < 4.78 is 2.40. The van der Waals surface area contributed by atoms with Crippen LogP contribution in [0, 0.1) is 0 Å². The summed E-state index contributed by atoms with van der Waals surface area (Å²) in [5.74, 6) is 0.729. The van der Waals surface area contributed by atoms with E-state index >= 15 is 0 Å². The van der Waals surface area contributed by atoms with Gasteiger partial charge in [0, 0.05) is 33.0 Å². The van der Waals surface area contributed by atoms with Crippen molar-refractivity contribution in [3.63, 3.8) is 0 Å². The van der Waals surface area contributed by atoms with Crippen LogP contribution in [0.1, 0.15) is 0 Å². The maximum absolute atomic E-state index is 5.16. The first-order chi connectivity index (χ1) is 23.3. The number of benzene rings is 8. The van der Waals surface area contributed by atoms with E-state index in [2.05, 4.69) is 144 Å². The van der Waals surface area contributed by atoms with Gasteiger partial charge in [0.1, 0.15) is 0 Å². The Kier molecular flexibility index (Phi) is 5.57. The molecule has 0 spiro atoms. The zero-order valence-electron chi connectivity index (χ0n) is 25.4. The smallest absolute Gasteiger partial charge is 0.160 e. The van der Waals surface area contributed by atoms with Gasteiger partial charge < -0.3 is 4.57 Å². The van der Waals surface area contributed by atoms with Crippen molar-refractivity contribution < 1.29 is 0 Å². The van der Waals surface area contributed by atoms with E-state index in [0.29, 0.717) is 0 Å². The van der Waals surface area contributed by atoms with Crippen LogP contribution in [-0.2, 0) is 0 Å². The molecule has 0 bridgehead atoms. The maximum Gasteiger partial charge on any atom is 0.160 e. The van der Waals surface area contributed by atoms with E-state index in [1.807, 2.05) is 24.3 Å². The van der Waals surface area contributed by atoms with Crippen LogP contribution in [0.3, 0.4) is 0 Å². The minimum Gasteiger partial charge on any atom is -0.309 e. The molecule has 47 heavy (non-hydrogen) atoms. The SMILES string of the molecule is c1ccc(-c2nc(-c3ccccc3)c3cc(-n4c5ccccc5c5c6ccc7ccc8ccccc8c7c6ccc54)ccc3n2)cc1. The molecule has 218 valence electrons. The quantitative estimate of drug-likeness (QED) is 0.190. The molecule has 10 rings (SSSR count). The fourth-order valence-corrected chi connectivity index (χ4v) is 7.45. The zero-order valence-corrected chi connectivity index (χ0v) is 25.4. The first-order valence-corrected chi connectivity index (χ1v) is 16.0. The summed E-state index contributed by atoms with van der Waals surface area (Å²) in [6.45, 7) is 0. The fraction of sp³-hybridized carbons (Fsp3) is 0. The zero-order chi connectivity index (χ0) is 30.9. The molecule has 8 aromatic carbocycles. The lowest BCUT2D eigenvalue weighted by atomic mass is 9.94. The summed E-state index contributed by atoms with van der Waals surface area (Å²) in [5.41, 5.74) is 7.37. The van der Waals surface area contributed by atoms with Gasteiger partial charge in [-0.3, -0.25) is 0 Å². The molecule has 0 amide bonds. The van der Waals surface area contributed by atoms with Gasteiger partial charge in [0.25, 0.3) is 0 Å². The van der Waals surface area contributed by atoms with E-state index < -0.39 is 0 Å². The van der Waals surface area contributed by atoms with Gasteiger partial charge in [0.05, 0.1) is 22.2 Å². The second-order valence-corrected chi connectivity index (χ2v) is 12.2. The van der Waals surface area contributed by atoms with E-state index in [0.717, 1.165) is 39.2 Å². The Morgan fingerprint density at radius 2 is 1.04 bits per heavy atom. The minimum absolute atomic E-state index is 0.729. The first kappa shape index (κ1) is 26.0. The average Bonchev–Trinajstić information content (AvgIpc) is 3.49. The lowest BCUT2D eigenvalue weighted by molar-refractivity contribution is 1.18. The second kappa shape index (κ2) is 10.1. The molecule has 0 aliphatic carbocycles. The number of fused-ring (bicyclic) bond motifs is 10. The molecule has 0 unspecified atom stereocenters. The predicted molar refractivity (Wildman–Crippen MR) is 197 cm³/mol. The third-order valence-corrected chi connectivity index (χ3v) is 9.56. The molecule has 0 N–H and O–H groups in total. The van der Waals surface area contributed by atoms with Crippen molar-refractivity contribution in [3.05, 3.63) is 164 Å². The Morgan fingerprint density at radius 1 is 0.383 bits per heavy atom. The van der Waals surface area contributed by atoms with Crippen molar-refractivity contribution in [2.24, 2.45) is 0 Å². The van der Waals surface area contributed by atoms with Gasteiger partial charge in [0.15, 0.2) is 5.82 Å². The van der Waals surface area contributed by atoms with Crippen LogP contribution in [0.4, 0.5) is 0 Å². The molecular formula is C44H27N3. The summed E-state index contributed by atoms with van der Waals surface area (Å²) in [6, 6.07) is 58.4. The summed E-state index contributed by atoms with van der Waals surface area (Å²) in [6.07, 6.45) is 0. The van der Waals surface area contributed by atoms with Crippen LogP contribution in [0.2, 0.25) is 0 Å². The normalized spacial score (nSPS) is 11.8. The molecule has 0 fully saturated rings. The number of hydrogen-bond acceptors (Lipinski definition) is 2. The highest BCUT2D eigenvalue weighted by molar-refractivity contribution is 6.29. The van der Waals surface area contributed by atoms with Gasteiger partial charge in [-0.15, -0.1) is 0 Å². The van der Waals surface area contributed by atoms with E-state index in [4.69, 9.17) is 9.97 Å². The number of aromatic nitrogens is 3.